The van der Waals surface area contributed by atoms with E-state index in [1.165, 1.54) is 5.56 Å². The van der Waals surface area contributed by atoms with E-state index in [1.54, 1.807) is 16.2 Å². The molecule has 0 saturated carbocycles. The molecule has 2 heterocycles. The predicted molar refractivity (Wildman–Crippen MR) is 77.8 cm³/mol. The molecule has 6 heteroatoms. The average molecular weight is 332 g/mol. The first-order valence-electron chi connectivity index (χ1n) is 5.96. The molecule has 1 saturated heterocycles. The molecule has 1 aromatic rings. The van der Waals surface area contributed by atoms with E-state index in [0.717, 1.165) is 30.7 Å². The maximum Gasteiger partial charge on any atom is 0.240 e. The van der Waals surface area contributed by atoms with E-state index in [4.69, 9.17) is 0 Å². The Hall–Kier alpha value is -0.430. The lowest BCUT2D eigenvalue weighted by Gasteiger charge is -2.36. The third-order valence-corrected chi connectivity index (χ3v) is 4.98. The Morgan fingerprint density at radius 1 is 1.61 bits per heavy atom. The summed E-state index contributed by atoms with van der Waals surface area (Å²) in [6.07, 6.45) is 0. The first-order valence-corrected chi connectivity index (χ1v) is 7.69. The zero-order valence-electron chi connectivity index (χ0n) is 10.6. The summed E-state index contributed by atoms with van der Waals surface area (Å²) < 4.78 is 1.14. The third-order valence-electron chi connectivity index (χ3n) is 3.14. The van der Waals surface area contributed by atoms with Gasteiger partial charge >= 0.3 is 0 Å². The predicted octanol–water partition coefficient (Wildman–Crippen LogP) is 1.37. The van der Waals surface area contributed by atoms with E-state index in [9.17, 15) is 4.79 Å². The molecule has 0 aliphatic carbocycles. The zero-order valence-corrected chi connectivity index (χ0v) is 13.1. The Balaban J connectivity index is 2.09. The lowest BCUT2D eigenvalue weighted by atomic mass is 10.1. The standard InChI is InChI=1S/C12H18BrN3OS/c1-15(2)12(17)11-5-14-3-4-16(11)6-9-7-18-8-10(9)13/h7-8,11,14H,3-6H2,1-2H3. The first-order chi connectivity index (χ1) is 8.59. The number of nitrogens with one attached hydrogen (secondary N) is 1. The van der Waals surface area contributed by atoms with Gasteiger partial charge in [-0.3, -0.25) is 9.69 Å². The summed E-state index contributed by atoms with van der Waals surface area (Å²) in [6, 6.07) is -0.0550. The number of hydrogen-bond acceptors (Lipinski definition) is 4. The summed E-state index contributed by atoms with van der Waals surface area (Å²) in [5, 5.41) is 7.52. The van der Waals surface area contributed by atoms with Crippen LogP contribution in [-0.4, -0.2) is 55.5 Å². The molecule has 1 atom stereocenters. The molecular weight excluding hydrogens is 314 g/mol. The van der Waals surface area contributed by atoms with E-state index in [-0.39, 0.29) is 11.9 Å². The Morgan fingerprint density at radius 2 is 2.39 bits per heavy atom. The molecule has 1 aliphatic heterocycles. The van der Waals surface area contributed by atoms with Gasteiger partial charge in [0.25, 0.3) is 0 Å². The van der Waals surface area contributed by atoms with Gasteiger partial charge in [-0.2, -0.15) is 11.3 Å². The zero-order chi connectivity index (χ0) is 13.1. The van der Waals surface area contributed by atoms with Crippen LogP contribution in [0.5, 0.6) is 0 Å². The van der Waals surface area contributed by atoms with E-state index < -0.39 is 0 Å². The fourth-order valence-electron chi connectivity index (χ4n) is 2.12. The van der Waals surface area contributed by atoms with E-state index in [2.05, 4.69) is 36.9 Å². The third kappa shape index (κ3) is 3.12. The van der Waals surface area contributed by atoms with Crippen molar-refractivity contribution in [2.75, 3.05) is 33.7 Å². The highest BCUT2D eigenvalue weighted by atomic mass is 79.9. The van der Waals surface area contributed by atoms with E-state index >= 15 is 0 Å². The molecule has 1 amide bonds. The van der Waals surface area contributed by atoms with Crippen molar-refractivity contribution in [2.45, 2.75) is 12.6 Å². The minimum Gasteiger partial charge on any atom is -0.347 e. The van der Waals surface area contributed by atoms with Crippen LogP contribution in [0.2, 0.25) is 0 Å². The normalized spacial score (nSPS) is 20.9. The van der Waals surface area contributed by atoms with Crippen LogP contribution in [0.4, 0.5) is 0 Å². The smallest absolute Gasteiger partial charge is 0.240 e. The van der Waals surface area contributed by atoms with Crippen LogP contribution in [0.1, 0.15) is 5.56 Å². The van der Waals surface area contributed by atoms with Crippen molar-refractivity contribution in [3.05, 3.63) is 20.8 Å². The molecule has 100 valence electrons. The molecule has 1 N–H and O–H groups in total. The fourth-order valence-corrected chi connectivity index (χ4v) is 3.54. The Morgan fingerprint density at radius 3 is 3.00 bits per heavy atom. The number of carbonyl (C=O) groups is 1. The molecule has 0 radical (unpaired) electrons. The number of rotatable bonds is 3. The lowest BCUT2D eigenvalue weighted by molar-refractivity contribution is -0.135. The molecule has 18 heavy (non-hydrogen) atoms. The van der Waals surface area contributed by atoms with Crippen LogP contribution in [0.25, 0.3) is 0 Å². The molecule has 0 bridgehead atoms. The van der Waals surface area contributed by atoms with Gasteiger partial charge in [0.15, 0.2) is 0 Å². The fraction of sp³-hybridized carbons (Fsp3) is 0.583. The number of likely N-dealkylation sites (N-methyl/N-ethyl adjacent to an activating group) is 1. The summed E-state index contributed by atoms with van der Waals surface area (Å²) in [4.78, 5) is 16.1. The SMILES string of the molecule is CN(C)C(=O)C1CNCCN1Cc1cscc1Br. The minimum absolute atomic E-state index is 0.0550. The van der Waals surface area contributed by atoms with Gasteiger partial charge in [-0.05, 0) is 26.9 Å². The highest BCUT2D eigenvalue weighted by molar-refractivity contribution is 9.10. The quantitative estimate of drug-likeness (QED) is 0.908. The van der Waals surface area contributed by atoms with Crippen LogP contribution in [0.15, 0.2) is 15.2 Å². The summed E-state index contributed by atoms with van der Waals surface area (Å²) in [5.74, 6) is 0.175. The summed E-state index contributed by atoms with van der Waals surface area (Å²) >= 11 is 5.24. The van der Waals surface area contributed by atoms with Crippen LogP contribution >= 0.6 is 27.3 Å². The Labute approximate surface area is 120 Å². The number of nitrogens with zero attached hydrogens (tertiary/aromatic N) is 2. The maximum atomic E-state index is 12.2. The number of thiophene rings is 1. The number of hydrogen-bond donors (Lipinski definition) is 1. The van der Waals surface area contributed by atoms with Gasteiger partial charge in [-0.25, -0.2) is 0 Å². The monoisotopic (exact) mass is 331 g/mol. The molecule has 1 fully saturated rings. The Kier molecular flexibility index (Phi) is 4.77. The van der Waals surface area contributed by atoms with Crippen LogP contribution in [-0.2, 0) is 11.3 Å². The van der Waals surface area contributed by atoms with Crippen LogP contribution < -0.4 is 5.32 Å². The highest BCUT2D eigenvalue weighted by Gasteiger charge is 2.29. The second-order valence-electron chi connectivity index (χ2n) is 4.67. The van der Waals surface area contributed by atoms with Gasteiger partial charge in [0.2, 0.25) is 5.91 Å². The van der Waals surface area contributed by atoms with Crippen molar-refractivity contribution in [3.8, 4) is 0 Å². The molecule has 4 nitrogen and oxygen atoms in total. The average Bonchev–Trinajstić information content (AvgIpc) is 2.75. The van der Waals surface area contributed by atoms with Gasteiger partial charge in [-0.1, -0.05) is 0 Å². The minimum atomic E-state index is -0.0550. The van der Waals surface area contributed by atoms with Crippen molar-refractivity contribution < 1.29 is 4.79 Å². The molecular formula is C12H18BrN3OS. The number of amides is 1. The molecule has 0 aromatic carbocycles. The first kappa shape index (κ1) is 14.0. The summed E-state index contributed by atoms with van der Waals surface area (Å²) in [6.45, 7) is 3.42. The topological polar surface area (TPSA) is 35.6 Å². The molecule has 2 rings (SSSR count). The van der Waals surface area contributed by atoms with Crippen molar-refractivity contribution in [2.24, 2.45) is 0 Å². The Bertz CT molecular complexity index is 421. The van der Waals surface area contributed by atoms with Gasteiger partial charge < -0.3 is 10.2 Å². The van der Waals surface area contributed by atoms with E-state index in [0.29, 0.717) is 0 Å². The maximum absolute atomic E-state index is 12.2. The number of piperazine rings is 1. The van der Waals surface area contributed by atoms with Gasteiger partial charge in [0.05, 0.1) is 0 Å². The number of carbonyl (C=O) groups excluding carboxylic acids is 1. The molecule has 1 aliphatic rings. The van der Waals surface area contributed by atoms with E-state index in [1.807, 2.05) is 14.1 Å². The van der Waals surface area contributed by atoms with Crippen molar-refractivity contribution in [3.63, 3.8) is 0 Å². The van der Waals surface area contributed by atoms with Crippen LogP contribution in [0.3, 0.4) is 0 Å². The summed E-state index contributed by atoms with van der Waals surface area (Å²) in [5.41, 5.74) is 1.26. The van der Waals surface area contributed by atoms with Gasteiger partial charge in [-0.15, -0.1) is 0 Å². The largest absolute Gasteiger partial charge is 0.347 e. The van der Waals surface area contributed by atoms with Crippen molar-refractivity contribution in [1.82, 2.24) is 15.1 Å². The van der Waals surface area contributed by atoms with Gasteiger partial charge in [0, 0.05) is 50.1 Å². The number of halogens is 1. The van der Waals surface area contributed by atoms with Gasteiger partial charge in [0.1, 0.15) is 6.04 Å². The van der Waals surface area contributed by atoms with Crippen molar-refractivity contribution in [1.29, 1.82) is 0 Å². The molecule has 1 aromatic heterocycles. The van der Waals surface area contributed by atoms with Crippen LogP contribution in [0, 0.1) is 0 Å². The molecule has 0 spiro atoms. The second-order valence-corrected chi connectivity index (χ2v) is 6.27. The molecule has 1 unspecified atom stereocenters. The highest BCUT2D eigenvalue weighted by Crippen LogP contribution is 2.24. The summed E-state index contributed by atoms with van der Waals surface area (Å²) in [7, 11) is 3.63. The van der Waals surface area contributed by atoms with Crippen molar-refractivity contribution >= 4 is 33.2 Å². The second kappa shape index (κ2) is 6.14. The lowest BCUT2D eigenvalue weighted by Crippen LogP contribution is -2.57.